The molecule has 3 aromatic rings. The van der Waals surface area contributed by atoms with Gasteiger partial charge in [-0.25, -0.2) is 0 Å². The van der Waals surface area contributed by atoms with Gasteiger partial charge in [0.05, 0.1) is 0 Å². The summed E-state index contributed by atoms with van der Waals surface area (Å²) in [6, 6.07) is 20.6. The lowest BCUT2D eigenvalue weighted by Crippen LogP contribution is -2.13. The molecule has 0 atom stereocenters. The average Bonchev–Trinajstić information content (AvgIpc) is 2.73. The van der Waals surface area contributed by atoms with Gasteiger partial charge in [-0.2, -0.15) is 0 Å². The molecule has 31 heavy (non-hydrogen) atoms. The van der Waals surface area contributed by atoms with E-state index in [1.165, 1.54) is 13.0 Å². The van der Waals surface area contributed by atoms with Gasteiger partial charge in [-0.15, -0.1) is 0 Å². The number of carbonyl (C=O) groups excluding carboxylic acids is 3. The van der Waals surface area contributed by atoms with Crippen molar-refractivity contribution in [1.82, 2.24) is 0 Å². The van der Waals surface area contributed by atoms with Crippen molar-refractivity contribution < 1.29 is 19.1 Å². The highest BCUT2D eigenvalue weighted by molar-refractivity contribution is 6.30. The van der Waals surface area contributed by atoms with E-state index >= 15 is 0 Å². The van der Waals surface area contributed by atoms with Crippen molar-refractivity contribution in [2.45, 2.75) is 19.8 Å². The van der Waals surface area contributed by atoms with E-state index in [1.807, 2.05) is 18.2 Å². The summed E-state index contributed by atoms with van der Waals surface area (Å²) >= 11 is 5.96. The Morgan fingerprint density at radius 1 is 0.871 bits per heavy atom. The van der Waals surface area contributed by atoms with Crippen molar-refractivity contribution in [3.05, 3.63) is 88.9 Å². The van der Waals surface area contributed by atoms with Crippen LogP contribution in [0.4, 0.5) is 11.4 Å². The Kier molecular flexibility index (Phi) is 7.40. The number of hydrogen-bond donors (Lipinski definition) is 2. The third-order valence-electron chi connectivity index (χ3n) is 4.31. The lowest BCUT2D eigenvalue weighted by molar-refractivity contribution is -0.131. The molecule has 3 rings (SSSR count). The maximum absolute atomic E-state index is 12.4. The van der Waals surface area contributed by atoms with Crippen LogP contribution in [0.25, 0.3) is 0 Å². The van der Waals surface area contributed by atoms with Gasteiger partial charge in [-0.3, -0.25) is 14.4 Å². The van der Waals surface area contributed by atoms with Gasteiger partial charge in [-0.05, 0) is 66.6 Å². The number of halogens is 1. The molecule has 2 amide bonds. The lowest BCUT2D eigenvalue weighted by atomic mass is 10.1. The molecular formula is C24H21ClN2O4. The van der Waals surface area contributed by atoms with E-state index < -0.39 is 5.97 Å². The van der Waals surface area contributed by atoms with Crippen LogP contribution < -0.4 is 15.4 Å². The van der Waals surface area contributed by atoms with Gasteiger partial charge in [0.15, 0.2) is 0 Å². The van der Waals surface area contributed by atoms with Crippen LogP contribution in [0.15, 0.2) is 72.8 Å². The Labute approximate surface area is 185 Å². The molecule has 0 aliphatic rings. The number of hydrogen-bond acceptors (Lipinski definition) is 4. The smallest absolute Gasteiger partial charge is 0.308 e. The van der Waals surface area contributed by atoms with Crippen LogP contribution in [0.1, 0.15) is 29.3 Å². The standard InChI is InChI=1S/C24H21ClN2O4/c1-16(28)31-22-7-3-5-18(15-22)24(30)27-21-11-9-20(10-12-21)26-23(29)13-8-17-4-2-6-19(25)14-17/h2-7,9-12,14-15H,8,13H2,1H3,(H,26,29)(H,27,30). The summed E-state index contributed by atoms with van der Waals surface area (Å²) < 4.78 is 5.00. The fraction of sp³-hybridized carbons (Fsp3) is 0.125. The van der Waals surface area contributed by atoms with Gasteiger partial charge in [-0.1, -0.05) is 29.8 Å². The number of carbonyl (C=O) groups is 3. The highest BCUT2D eigenvalue weighted by Crippen LogP contribution is 2.18. The average molecular weight is 437 g/mol. The van der Waals surface area contributed by atoms with Crippen LogP contribution in [-0.2, 0) is 16.0 Å². The fourth-order valence-corrected chi connectivity index (χ4v) is 3.09. The van der Waals surface area contributed by atoms with Gasteiger partial charge in [0.2, 0.25) is 5.91 Å². The Bertz CT molecular complexity index is 1100. The normalized spacial score (nSPS) is 10.3. The van der Waals surface area contributed by atoms with E-state index in [1.54, 1.807) is 48.5 Å². The number of ether oxygens (including phenoxy) is 1. The zero-order valence-electron chi connectivity index (χ0n) is 16.9. The van der Waals surface area contributed by atoms with Crippen LogP contribution in [0, 0.1) is 0 Å². The summed E-state index contributed by atoms with van der Waals surface area (Å²) in [6.07, 6.45) is 0.921. The first kappa shape index (κ1) is 22.1. The largest absolute Gasteiger partial charge is 0.427 e. The van der Waals surface area contributed by atoms with Crippen LogP contribution in [0.5, 0.6) is 5.75 Å². The monoisotopic (exact) mass is 436 g/mol. The fourth-order valence-electron chi connectivity index (χ4n) is 2.88. The molecule has 3 aromatic carbocycles. The van der Waals surface area contributed by atoms with Crippen molar-refractivity contribution in [2.24, 2.45) is 0 Å². The van der Waals surface area contributed by atoms with Gasteiger partial charge < -0.3 is 15.4 Å². The number of amides is 2. The summed E-state index contributed by atoms with van der Waals surface area (Å²) in [4.78, 5) is 35.7. The van der Waals surface area contributed by atoms with Crippen LogP contribution in [-0.4, -0.2) is 17.8 Å². The predicted molar refractivity (Wildman–Crippen MR) is 121 cm³/mol. The van der Waals surface area contributed by atoms with Gasteiger partial charge in [0.25, 0.3) is 5.91 Å². The van der Waals surface area contributed by atoms with Crippen molar-refractivity contribution in [3.63, 3.8) is 0 Å². The molecule has 0 heterocycles. The first-order valence-corrected chi connectivity index (χ1v) is 10.0. The maximum atomic E-state index is 12.4. The van der Waals surface area contributed by atoms with E-state index in [-0.39, 0.29) is 11.8 Å². The molecule has 158 valence electrons. The molecule has 6 nitrogen and oxygen atoms in total. The Morgan fingerprint density at radius 2 is 1.55 bits per heavy atom. The molecule has 0 radical (unpaired) electrons. The molecular weight excluding hydrogens is 416 g/mol. The van der Waals surface area contributed by atoms with Gasteiger partial charge in [0, 0.05) is 35.3 Å². The minimum absolute atomic E-state index is 0.112. The molecule has 0 aliphatic heterocycles. The molecule has 7 heteroatoms. The minimum Gasteiger partial charge on any atom is -0.427 e. The zero-order chi connectivity index (χ0) is 22.2. The van der Waals surface area contributed by atoms with Gasteiger partial charge >= 0.3 is 5.97 Å². The Morgan fingerprint density at radius 3 is 2.23 bits per heavy atom. The maximum Gasteiger partial charge on any atom is 0.308 e. The van der Waals surface area contributed by atoms with E-state index in [0.717, 1.165) is 5.56 Å². The third-order valence-corrected chi connectivity index (χ3v) is 4.55. The van der Waals surface area contributed by atoms with Crippen LogP contribution in [0.3, 0.4) is 0 Å². The first-order valence-electron chi connectivity index (χ1n) is 9.63. The molecule has 0 aliphatic carbocycles. The molecule has 0 saturated carbocycles. The van der Waals surface area contributed by atoms with E-state index in [0.29, 0.717) is 40.6 Å². The molecule has 0 spiro atoms. The number of esters is 1. The molecule has 0 unspecified atom stereocenters. The van der Waals surface area contributed by atoms with Crippen molar-refractivity contribution >= 4 is 40.8 Å². The van der Waals surface area contributed by atoms with Crippen LogP contribution in [0.2, 0.25) is 5.02 Å². The SMILES string of the molecule is CC(=O)Oc1cccc(C(=O)Nc2ccc(NC(=O)CCc3cccc(Cl)c3)cc2)c1. The number of aryl methyl sites for hydroxylation is 1. The minimum atomic E-state index is -0.456. The third kappa shape index (κ3) is 6.97. The molecule has 0 fully saturated rings. The van der Waals surface area contributed by atoms with Gasteiger partial charge in [0.1, 0.15) is 5.75 Å². The molecule has 2 N–H and O–H groups in total. The first-order chi connectivity index (χ1) is 14.9. The van der Waals surface area contributed by atoms with E-state index in [4.69, 9.17) is 16.3 Å². The summed E-state index contributed by atoms with van der Waals surface area (Å²) in [6.45, 7) is 1.30. The molecule has 0 saturated heterocycles. The zero-order valence-corrected chi connectivity index (χ0v) is 17.6. The lowest BCUT2D eigenvalue weighted by Gasteiger charge is -2.09. The van der Waals surface area contributed by atoms with Crippen LogP contribution >= 0.6 is 11.6 Å². The van der Waals surface area contributed by atoms with E-state index in [9.17, 15) is 14.4 Å². The topological polar surface area (TPSA) is 84.5 Å². The number of benzene rings is 3. The quantitative estimate of drug-likeness (QED) is 0.399. The van der Waals surface area contributed by atoms with Crippen molar-refractivity contribution in [1.29, 1.82) is 0 Å². The summed E-state index contributed by atoms with van der Waals surface area (Å²) in [5.41, 5.74) is 2.56. The summed E-state index contributed by atoms with van der Waals surface area (Å²) in [7, 11) is 0. The number of nitrogens with one attached hydrogen (secondary N) is 2. The predicted octanol–water partition coefficient (Wildman–Crippen LogP) is 5.09. The highest BCUT2D eigenvalue weighted by Gasteiger charge is 2.09. The second-order valence-corrected chi connectivity index (χ2v) is 7.27. The van der Waals surface area contributed by atoms with Crippen molar-refractivity contribution in [3.8, 4) is 5.75 Å². The molecule has 0 bridgehead atoms. The summed E-state index contributed by atoms with van der Waals surface area (Å²) in [5, 5.41) is 6.25. The number of rotatable bonds is 7. The highest BCUT2D eigenvalue weighted by atomic mass is 35.5. The number of anilines is 2. The van der Waals surface area contributed by atoms with Crippen molar-refractivity contribution in [2.75, 3.05) is 10.6 Å². The Hall–Kier alpha value is -3.64. The molecule has 0 aromatic heterocycles. The summed E-state index contributed by atoms with van der Waals surface area (Å²) in [5.74, 6) is -0.606. The Balaban J connectivity index is 1.53. The second kappa shape index (κ2) is 10.4. The van der Waals surface area contributed by atoms with E-state index in [2.05, 4.69) is 10.6 Å². The second-order valence-electron chi connectivity index (χ2n) is 6.83.